The highest BCUT2D eigenvalue weighted by Crippen LogP contribution is 2.38. The molecule has 4 aromatic rings. The van der Waals surface area contributed by atoms with Crippen molar-refractivity contribution in [3.63, 3.8) is 0 Å². The van der Waals surface area contributed by atoms with Gasteiger partial charge in [0.25, 0.3) is 0 Å². The van der Waals surface area contributed by atoms with Gasteiger partial charge in [-0.25, -0.2) is 14.6 Å². The Hall–Kier alpha value is -4.24. The van der Waals surface area contributed by atoms with Gasteiger partial charge in [0.15, 0.2) is 11.5 Å². The molecule has 0 atom stereocenters. The van der Waals surface area contributed by atoms with E-state index in [4.69, 9.17) is 14.2 Å². The van der Waals surface area contributed by atoms with E-state index in [2.05, 4.69) is 47.4 Å². The Labute approximate surface area is 238 Å². The topological polar surface area (TPSA) is 123 Å². The maximum absolute atomic E-state index is 13.2. The zero-order valence-corrected chi connectivity index (χ0v) is 24.2. The van der Waals surface area contributed by atoms with Crippen LogP contribution in [0.1, 0.15) is 96.7 Å². The van der Waals surface area contributed by atoms with E-state index in [1.807, 2.05) is 23.6 Å². The van der Waals surface area contributed by atoms with Crippen LogP contribution in [-0.4, -0.2) is 37.4 Å². The summed E-state index contributed by atoms with van der Waals surface area (Å²) in [5, 5.41) is 14.8. The molecule has 9 nitrogen and oxygen atoms in total. The lowest BCUT2D eigenvalue weighted by atomic mass is 9.89. The number of aliphatic hydroxyl groups is 1. The Balaban J connectivity index is 1.64. The first kappa shape index (κ1) is 28.3. The van der Waals surface area contributed by atoms with E-state index in [0.29, 0.717) is 24.5 Å². The number of nitrogens with zero attached hydrogens (tertiary/aromatic N) is 3. The first-order valence-corrected chi connectivity index (χ1v) is 14.1. The van der Waals surface area contributed by atoms with E-state index in [1.165, 1.54) is 5.56 Å². The number of esters is 1. The Morgan fingerprint density at radius 1 is 1.12 bits per heavy atom. The van der Waals surface area contributed by atoms with Crippen molar-refractivity contribution >= 4 is 17.1 Å². The zero-order valence-electron chi connectivity index (χ0n) is 24.2. The Morgan fingerprint density at radius 3 is 2.54 bits per heavy atom. The summed E-state index contributed by atoms with van der Waals surface area (Å²) in [5.41, 5.74) is 6.64. The predicted octanol–water partition coefficient (Wildman–Crippen LogP) is 5.04. The lowest BCUT2D eigenvalue weighted by Crippen LogP contribution is -2.23. The quantitative estimate of drug-likeness (QED) is 0.291. The van der Waals surface area contributed by atoms with Crippen LogP contribution in [-0.2, 0) is 36.1 Å². The highest BCUT2D eigenvalue weighted by atomic mass is 16.5. The van der Waals surface area contributed by atoms with Gasteiger partial charge in [0.05, 0.1) is 6.61 Å². The summed E-state index contributed by atoms with van der Waals surface area (Å²) in [6, 6.07) is 14.6. The molecule has 0 saturated heterocycles. The normalized spacial score (nSPS) is 14.3. The number of allylic oxidation sites excluding steroid dienone is 1. The fourth-order valence-electron chi connectivity index (χ4n) is 5.61. The van der Waals surface area contributed by atoms with Gasteiger partial charge in [0, 0.05) is 18.5 Å². The number of fused-ring (bicyclic) bond motifs is 2. The average molecular weight is 557 g/mol. The van der Waals surface area contributed by atoms with Crippen LogP contribution in [0.3, 0.4) is 0 Å². The van der Waals surface area contributed by atoms with Crippen molar-refractivity contribution in [2.75, 3.05) is 6.61 Å². The Morgan fingerprint density at radius 2 is 1.85 bits per heavy atom. The monoisotopic (exact) mass is 556 g/mol. The number of ether oxygens (including phenoxy) is 1. The van der Waals surface area contributed by atoms with Crippen molar-refractivity contribution in [1.82, 2.24) is 19.7 Å². The third kappa shape index (κ3) is 5.54. The molecule has 0 bridgehead atoms. The number of aromatic amines is 1. The Bertz CT molecular complexity index is 1680. The lowest BCUT2D eigenvalue weighted by Gasteiger charge is -2.18. The predicted molar refractivity (Wildman–Crippen MR) is 156 cm³/mol. The number of carbonyl (C=O) groups is 1. The van der Waals surface area contributed by atoms with Crippen molar-refractivity contribution in [1.29, 1.82) is 0 Å². The highest BCUT2D eigenvalue weighted by Gasteiger charge is 2.32. The number of rotatable bonds is 8. The van der Waals surface area contributed by atoms with Crippen LogP contribution in [0.5, 0.6) is 0 Å². The van der Waals surface area contributed by atoms with E-state index in [-0.39, 0.29) is 12.3 Å². The molecule has 2 N–H and O–H groups in total. The highest BCUT2D eigenvalue weighted by molar-refractivity contribution is 5.98. The smallest absolute Gasteiger partial charge is 0.439 e. The molecule has 0 saturated carbocycles. The maximum Gasteiger partial charge on any atom is 0.439 e. The summed E-state index contributed by atoms with van der Waals surface area (Å²) in [5.74, 6) is 0.0506. The van der Waals surface area contributed by atoms with E-state index >= 15 is 0 Å². The summed E-state index contributed by atoms with van der Waals surface area (Å²) in [4.78, 5) is 32.3. The number of imidazole rings is 1. The third-order valence-corrected chi connectivity index (χ3v) is 7.47. The summed E-state index contributed by atoms with van der Waals surface area (Å²) in [6.45, 7) is 9.67. The molecule has 0 amide bonds. The number of hydrogen-bond acceptors (Lipinski definition) is 7. The number of aromatic nitrogens is 4. The van der Waals surface area contributed by atoms with Gasteiger partial charge in [0.2, 0.25) is 0 Å². The SMILES string of the molecule is CCCc1nc(C(C)(C)O)c(C(=O)OCC)n1Cc1ccc2c(c1)CCc1ccccc1/C2=C(/C)c1noc(=O)[nH]1. The lowest BCUT2D eigenvalue weighted by molar-refractivity contribution is 0.0469. The van der Waals surface area contributed by atoms with Crippen molar-refractivity contribution < 1.29 is 19.2 Å². The third-order valence-electron chi connectivity index (χ3n) is 7.47. The second kappa shape index (κ2) is 11.3. The van der Waals surface area contributed by atoms with Gasteiger partial charge in [-0.15, -0.1) is 0 Å². The zero-order chi connectivity index (χ0) is 29.3. The molecule has 9 heteroatoms. The molecular formula is C32H36N4O5. The second-order valence-electron chi connectivity index (χ2n) is 10.9. The Kier molecular flexibility index (Phi) is 7.82. The standard InChI is InChI=1S/C32H36N4O5/c1-6-10-25-33-28(32(4,5)39)27(30(37)40-7-2)36(25)18-20-13-16-24-22(17-20)15-14-21-11-8-9-12-23(21)26(24)19(3)29-34-31(38)41-35-29/h8-9,11-13,16-17,39H,6-7,10,14-15,18H2,1-5H3,(H,34,35,38)/b26-19+. The summed E-state index contributed by atoms with van der Waals surface area (Å²) >= 11 is 0. The first-order chi connectivity index (χ1) is 19.6. The van der Waals surface area contributed by atoms with Crippen LogP contribution in [0.25, 0.3) is 11.1 Å². The first-order valence-electron chi connectivity index (χ1n) is 14.1. The molecule has 1 aliphatic carbocycles. The number of hydrogen-bond donors (Lipinski definition) is 2. The van der Waals surface area contributed by atoms with Crippen LogP contribution < -0.4 is 5.76 Å². The van der Waals surface area contributed by atoms with Crippen molar-refractivity contribution in [2.45, 2.75) is 72.4 Å². The van der Waals surface area contributed by atoms with Crippen LogP contribution in [0.4, 0.5) is 0 Å². The number of benzene rings is 2. The van der Waals surface area contributed by atoms with Gasteiger partial charge in [0.1, 0.15) is 17.1 Å². The molecule has 2 aromatic heterocycles. The molecule has 0 fully saturated rings. The fraction of sp³-hybridized carbons (Fsp3) is 0.375. The molecular weight excluding hydrogens is 520 g/mol. The van der Waals surface area contributed by atoms with E-state index in [0.717, 1.165) is 58.5 Å². The summed E-state index contributed by atoms with van der Waals surface area (Å²) in [7, 11) is 0. The van der Waals surface area contributed by atoms with Crippen molar-refractivity contribution in [2.24, 2.45) is 0 Å². The molecule has 0 radical (unpaired) electrons. The van der Waals surface area contributed by atoms with Gasteiger partial charge >= 0.3 is 11.7 Å². The minimum absolute atomic E-state index is 0.225. The molecule has 0 unspecified atom stereocenters. The van der Waals surface area contributed by atoms with Crippen LogP contribution in [0, 0.1) is 0 Å². The largest absolute Gasteiger partial charge is 0.461 e. The van der Waals surface area contributed by atoms with Crippen LogP contribution >= 0.6 is 0 Å². The van der Waals surface area contributed by atoms with Crippen LogP contribution in [0.15, 0.2) is 51.8 Å². The molecule has 41 heavy (non-hydrogen) atoms. The minimum Gasteiger partial charge on any atom is -0.461 e. The maximum atomic E-state index is 13.2. The van der Waals surface area contributed by atoms with E-state index in [1.54, 1.807) is 20.8 Å². The van der Waals surface area contributed by atoms with Crippen LogP contribution in [0.2, 0.25) is 0 Å². The van der Waals surface area contributed by atoms with Crippen molar-refractivity contribution in [3.05, 3.63) is 104 Å². The van der Waals surface area contributed by atoms with Crippen molar-refractivity contribution in [3.8, 4) is 0 Å². The molecule has 5 rings (SSSR count). The van der Waals surface area contributed by atoms with Gasteiger partial charge in [-0.2, -0.15) is 0 Å². The van der Waals surface area contributed by atoms with Gasteiger partial charge in [-0.1, -0.05) is 54.5 Å². The second-order valence-corrected chi connectivity index (χ2v) is 10.9. The molecule has 0 spiro atoms. The molecule has 214 valence electrons. The molecule has 2 heterocycles. The summed E-state index contributed by atoms with van der Waals surface area (Å²) < 4.78 is 12.1. The van der Waals surface area contributed by atoms with E-state index in [9.17, 15) is 14.7 Å². The average Bonchev–Trinajstić information content (AvgIpc) is 3.48. The number of aryl methyl sites for hydroxylation is 3. The van der Waals surface area contributed by atoms with Gasteiger partial charge in [-0.05, 0) is 80.3 Å². The molecule has 1 aliphatic rings. The number of H-pyrrole nitrogens is 1. The number of nitrogens with one attached hydrogen (secondary N) is 1. The van der Waals surface area contributed by atoms with Gasteiger partial charge < -0.3 is 14.4 Å². The molecule has 0 aliphatic heterocycles. The number of carbonyl (C=O) groups excluding carboxylic acids is 1. The minimum atomic E-state index is -1.31. The van der Waals surface area contributed by atoms with Gasteiger partial charge in [-0.3, -0.25) is 9.51 Å². The fourth-order valence-corrected chi connectivity index (χ4v) is 5.61. The van der Waals surface area contributed by atoms with E-state index < -0.39 is 17.3 Å². The summed E-state index contributed by atoms with van der Waals surface area (Å²) in [6.07, 6.45) is 3.16. The molecule has 2 aromatic carbocycles.